The topological polar surface area (TPSA) is 59.9 Å². The second kappa shape index (κ2) is 5.44. The average molecular weight is 244 g/mol. The molecular formula is C13H16N4O. The Morgan fingerprint density at radius 2 is 2.06 bits per heavy atom. The summed E-state index contributed by atoms with van der Waals surface area (Å²) in [7, 11) is 1.62. The molecule has 0 radical (unpaired) electrons. The van der Waals surface area contributed by atoms with Gasteiger partial charge in [0.1, 0.15) is 5.75 Å². The van der Waals surface area contributed by atoms with Crippen LogP contribution in [0, 0.1) is 6.92 Å². The third kappa shape index (κ3) is 2.74. The van der Waals surface area contributed by atoms with Gasteiger partial charge in [0.2, 0.25) is 5.95 Å². The fraction of sp³-hybridized carbons (Fsp3) is 0.308. The Bertz CT molecular complexity index is 542. The number of ether oxygens (including phenoxy) is 1. The zero-order valence-electron chi connectivity index (χ0n) is 10.8. The van der Waals surface area contributed by atoms with Crippen molar-refractivity contribution in [1.29, 1.82) is 0 Å². The summed E-state index contributed by atoms with van der Waals surface area (Å²) in [6, 6.07) is 3.84. The van der Waals surface area contributed by atoms with E-state index in [9.17, 15) is 0 Å². The van der Waals surface area contributed by atoms with E-state index in [1.807, 2.05) is 26.0 Å². The van der Waals surface area contributed by atoms with E-state index in [0.29, 0.717) is 11.7 Å². The Hall–Kier alpha value is -2.17. The normalized spacial score (nSPS) is 10.2. The lowest BCUT2D eigenvalue weighted by Crippen LogP contribution is -2.04. The predicted molar refractivity (Wildman–Crippen MR) is 70.7 cm³/mol. The van der Waals surface area contributed by atoms with Gasteiger partial charge in [-0.05, 0) is 26.0 Å². The van der Waals surface area contributed by atoms with Crippen LogP contribution in [-0.4, -0.2) is 28.6 Å². The van der Waals surface area contributed by atoms with Crippen molar-refractivity contribution in [1.82, 2.24) is 15.0 Å². The molecule has 1 N–H and O–H groups in total. The number of anilines is 1. The molecule has 0 unspecified atom stereocenters. The SMILES string of the molecule is CCNc1nc(C)cc(-c2cncc(OC)c2)n1. The molecule has 2 heterocycles. The maximum atomic E-state index is 5.16. The van der Waals surface area contributed by atoms with Gasteiger partial charge in [-0.15, -0.1) is 0 Å². The maximum absolute atomic E-state index is 5.16. The first-order chi connectivity index (χ1) is 8.72. The van der Waals surface area contributed by atoms with Crippen LogP contribution in [0.25, 0.3) is 11.3 Å². The van der Waals surface area contributed by atoms with Gasteiger partial charge in [0, 0.05) is 24.0 Å². The van der Waals surface area contributed by atoms with Crippen LogP contribution >= 0.6 is 0 Å². The minimum atomic E-state index is 0.635. The first-order valence-electron chi connectivity index (χ1n) is 5.82. The van der Waals surface area contributed by atoms with Gasteiger partial charge < -0.3 is 10.1 Å². The van der Waals surface area contributed by atoms with Crippen molar-refractivity contribution in [2.24, 2.45) is 0 Å². The van der Waals surface area contributed by atoms with E-state index in [1.54, 1.807) is 19.5 Å². The standard InChI is InChI=1S/C13H16N4O/c1-4-15-13-16-9(2)5-12(17-13)10-6-11(18-3)8-14-7-10/h5-8H,4H2,1-3H3,(H,15,16,17). The smallest absolute Gasteiger partial charge is 0.223 e. The number of aryl methyl sites for hydroxylation is 1. The molecule has 0 aliphatic carbocycles. The van der Waals surface area contributed by atoms with Gasteiger partial charge in [-0.3, -0.25) is 4.98 Å². The van der Waals surface area contributed by atoms with Crippen LogP contribution in [0.2, 0.25) is 0 Å². The molecule has 0 aliphatic heterocycles. The Labute approximate surface area is 106 Å². The summed E-state index contributed by atoms with van der Waals surface area (Å²) < 4.78 is 5.16. The van der Waals surface area contributed by atoms with Crippen molar-refractivity contribution in [2.75, 3.05) is 19.0 Å². The van der Waals surface area contributed by atoms with Crippen molar-refractivity contribution in [3.8, 4) is 17.0 Å². The molecule has 0 aromatic carbocycles. The highest BCUT2D eigenvalue weighted by atomic mass is 16.5. The number of aromatic nitrogens is 3. The molecule has 0 fully saturated rings. The summed E-state index contributed by atoms with van der Waals surface area (Å²) in [4.78, 5) is 12.9. The quantitative estimate of drug-likeness (QED) is 0.894. The summed E-state index contributed by atoms with van der Waals surface area (Å²) >= 11 is 0. The van der Waals surface area contributed by atoms with Crippen LogP contribution < -0.4 is 10.1 Å². The zero-order valence-corrected chi connectivity index (χ0v) is 10.8. The van der Waals surface area contributed by atoms with Crippen molar-refractivity contribution >= 4 is 5.95 Å². The minimum absolute atomic E-state index is 0.635. The van der Waals surface area contributed by atoms with Crippen LogP contribution in [0.4, 0.5) is 5.95 Å². The number of nitrogens with zero attached hydrogens (tertiary/aromatic N) is 3. The number of pyridine rings is 1. The fourth-order valence-electron chi connectivity index (χ4n) is 1.62. The van der Waals surface area contributed by atoms with Gasteiger partial charge in [-0.2, -0.15) is 0 Å². The van der Waals surface area contributed by atoms with Crippen LogP contribution in [0.5, 0.6) is 5.75 Å². The molecule has 0 amide bonds. The van der Waals surface area contributed by atoms with Gasteiger partial charge in [0.05, 0.1) is 19.0 Å². The highest BCUT2D eigenvalue weighted by molar-refractivity contribution is 5.61. The van der Waals surface area contributed by atoms with Gasteiger partial charge in [0.25, 0.3) is 0 Å². The van der Waals surface area contributed by atoms with Gasteiger partial charge in [-0.1, -0.05) is 0 Å². The number of nitrogens with one attached hydrogen (secondary N) is 1. The van der Waals surface area contributed by atoms with Crippen molar-refractivity contribution in [3.63, 3.8) is 0 Å². The Kier molecular flexibility index (Phi) is 3.72. The fourth-order valence-corrected chi connectivity index (χ4v) is 1.62. The third-order valence-electron chi connectivity index (χ3n) is 2.43. The predicted octanol–water partition coefficient (Wildman–Crippen LogP) is 2.29. The van der Waals surface area contributed by atoms with Gasteiger partial charge in [-0.25, -0.2) is 9.97 Å². The molecule has 0 aliphatic rings. The molecular weight excluding hydrogens is 228 g/mol. The van der Waals surface area contributed by atoms with Crippen LogP contribution in [0.1, 0.15) is 12.6 Å². The first kappa shape index (κ1) is 12.3. The first-order valence-corrected chi connectivity index (χ1v) is 5.82. The van der Waals surface area contributed by atoms with Crippen molar-refractivity contribution in [3.05, 3.63) is 30.2 Å². The third-order valence-corrected chi connectivity index (χ3v) is 2.43. The average Bonchev–Trinajstić information content (AvgIpc) is 2.38. The number of hydrogen-bond donors (Lipinski definition) is 1. The summed E-state index contributed by atoms with van der Waals surface area (Å²) in [6.45, 7) is 4.75. The number of rotatable bonds is 4. The Balaban J connectivity index is 2.42. The molecule has 5 heteroatoms. The maximum Gasteiger partial charge on any atom is 0.223 e. The molecule has 5 nitrogen and oxygen atoms in total. The summed E-state index contributed by atoms with van der Waals surface area (Å²) in [5, 5.41) is 3.11. The van der Waals surface area contributed by atoms with E-state index in [0.717, 1.165) is 23.5 Å². The molecule has 0 saturated carbocycles. The second-order valence-electron chi connectivity index (χ2n) is 3.86. The van der Waals surface area contributed by atoms with Crippen molar-refractivity contribution in [2.45, 2.75) is 13.8 Å². The van der Waals surface area contributed by atoms with E-state index < -0.39 is 0 Å². The summed E-state index contributed by atoms with van der Waals surface area (Å²) in [6.07, 6.45) is 3.43. The molecule has 18 heavy (non-hydrogen) atoms. The number of hydrogen-bond acceptors (Lipinski definition) is 5. The molecule has 2 rings (SSSR count). The second-order valence-corrected chi connectivity index (χ2v) is 3.86. The molecule has 0 atom stereocenters. The molecule has 0 saturated heterocycles. The zero-order chi connectivity index (χ0) is 13.0. The molecule has 0 bridgehead atoms. The van der Waals surface area contributed by atoms with E-state index in [4.69, 9.17) is 4.74 Å². The molecule has 0 spiro atoms. The van der Waals surface area contributed by atoms with E-state index in [-0.39, 0.29) is 0 Å². The lowest BCUT2D eigenvalue weighted by molar-refractivity contribution is 0.413. The van der Waals surface area contributed by atoms with Crippen LogP contribution in [0.15, 0.2) is 24.5 Å². The molecule has 2 aromatic rings. The highest BCUT2D eigenvalue weighted by Crippen LogP contribution is 2.22. The van der Waals surface area contributed by atoms with Gasteiger partial charge in [0.15, 0.2) is 0 Å². The monoisotopic (exact) mass is 244 g/mol. The summed E-state index contributed by atoms with van der Waals surface area (Å²) in [5.74, 6) is 1.35. The Morgan fingerprint density at radius 3 is 2.78 bits per heavy atom. The van der Waals surface area contributed by atoms with E-state index in [1.165, 1.54) is 0 Å². The minimum Gasteiger partial charge on any atom is -0.495 e. The van der Waals surface area contributed by atoms with E-state index in [2.05, 4.69) is 20.3 Å². The largest absolute Gasteiger partial charge is 0.495 e. The van der Waals surface area contributed by atoms with E-state index >= 15 is 0 Å². The molecule has 2 aromatic heterocycles. The van der Waals surface area contributed by atoms with Crippen LogP contribution in [0.3, 0.4) is 0 Å². The molecule has 94 valence electrons. The highest BCUT2D eigenvalue weighted by Gasteiger charge is 2.05. The summed E-state index contributed by atoms with van der Waals surface area (Å²) in [5.41, 5.74) is 2.67. The lowest BCUT2D eigenvalue weighted by atomic mass is 10.2. The Morgan fingerprint density at radius 1 is 1.22 bits per heavy atom. The van der Waals surface area contributed by atoms with Crippen molar-refractivity contribution < 1.29 is 4.74 Å². The van der Waals surface area contributed by atoms with Crippen LogP contribution in [-0.2, 0) is 0 Å². The van der Waals surface area contributed by atoms with Gasteiger partial charge >= 0.3 is 0 Å². The lowest BCUT2D eigenvalue weighted by Gasteiger charge is -2.07. The number of methoxy groups -OCH3 is 1.